The molecule has 2 aromatic rings. The van der Waals surface area contributed by atoms with Gasteiger partial charge >= 0.3 is 0 Å². The highest BCUT2D eigenvalue weighted by molar-refractivity contribution is 5.84. The lowest BCUT2D eigenvalue weighted by molar-refractivity contribution is -0.121. The van der Waals surface area contributed by atoms with Crippen molar-refractivity contribution in [2.75, 3.05) is 6.54 Å². The van der Waals surface area contributed by atoms with Crippen LogP contribution in [0.3, 0.4) is 0 Å². The van der Waals surface area contributed by atoms with Crippen LogP contribution in [0.15, 0.2) is 30.5 Å². The van der Waals surface area contributed by atoms with E-state index in [4.69, 9.17) is 10.00 Å². The summed E-state index contributed by atoms with van der Waals surface area (Å²) in [6.45, 7) is 4.61. The first-order chi connectivity index (χ1) is 10.1. The number of ether oxygens (including phenoxy) is 1. The molecule has 0 aliphatic rings. The molecule has 0 saturated carbocycles. The summed E-state index contributed by atoms with van der Waals surface area (Å²) in [7, 11) is 0. The second kappa shape index (κ2) is 6.80. The highest BCUT2D eigenvalue weighted by Crippen LogP contribution is 2.22. The predicted molar refractivity (Wildman–Crippen MR) is 80.9 cm³/mol. The minimum Gasteiger partial charge on any atom is -0.491 e. The Morgan fingerprint density at radius 2 is 2.24 bits per heavy atom. The number of hydrogen-bond donors (Lipinski definition) is 1. The molecule has 21 heavy (non-hydrogen) atoms. The molecule has 0 fully saturated rings. The summed E-state index contributed by atoms with van der Waals surface area (Å²) in [4.78, 5) is 11.8. The van der Waals surface area contributed by atoms with Crippen LogP contribution in [-0.4, -0.2) is 23.1 Å². The minimum atomic E-state index is -0.0924. The Morgan fingerprint density at radius 3 is 2.95 bits per heavy atom. The van der Waals surface area contributed by atoms with E-state index in [-0.39, 0.29) is 18.6 Å². The summed E-state index contributed by atoms with van der Waals surface area (Å²) in [5.41, 5.74) is 0.988. The van der Waals surface area contributed by atoms with Gasteiger partial charge < -0.3 is 14.6 Å². The summed E-state index contributed by atoms with van der Waals surface area (Å²) >= 11 is 0. The fourth-order valence-electron chi connectivity index (χ4n) is 2.13. The van der Waals surface area contributed by atoms with Crippen LogP contribution in [0.5, 0.6) is 5.75 Å². The van der Waals surface area contributed by atoms with Crippen LogP contribution >= 0.6 is 0 Å². The Morgan fingerprint density at radius 1 is 1.43 bits per heavy atom. The standard InChI is InChI=1S/C16H19N3O2/c1-12(2)21-14-4-5-15-13(10-14)6-9-19(15)11-16(20)18-8-3-7-17/h4-6,9-10,12H,3,8,11H2,1-2H3,(H,18,20). The zero-order chi connectivity index (χ0) is 15.2. The van der Waals surface area contributed by atoms with E-state index in [1.165, 1.54) is 0 Å². The molecule has 0 atom stereocenters. The number of hydrogen-bond acceptors (Lipinski definition) is 3. The van der Waals surface area contributed by atoms with Crippen molar-refractivity contribution in [2.45, 2.75) is 32.9 Å². The molecule has 0 bridgehead atoms. The van der Waals surface area contributed by atoms with E-state index in [1.54, 1.807) is 0 Å². The van der Waals surface area contributed by atoms with Crippen molar-refractivity contribution >= 4 is 16.8 Å². The Bertz CT molecular complexity index is 668. The lowest BCUT2D eigenvalue weighted by Gasteiger charge is -2.10. The molecule has 0 aliphatic carbocycles. The largest absolute Gasteiger partial charge is 0.491 e. The number of carbonyl (C=O) groups excluding carboxylic acids is 1. The van der Waals surface area contributed by atoms with Gasteiger partial charge in [-0.3, -0.25) is 4.79 Å². The number of fused-ring (bicyclic) bond motifs is 1. The van der Waals surface area contributed by atoms with Crippen molar-refractivity contribution in [1.82, 2.24) is 9.88 Å². The third-order valence-corrected chi connectivity index (χ3v) is 2.99. The first kappa shape index (κ1) is 14.9. The number of carbonyl (C=O) groups is 1. The maximum atomic E-state index is 11.8. The SMILES string of the molecule is CC(C)Oc1ccc2c(ccn2CC(=O)NCCC#N)c1. The van der Waals surface area contributed by atoms with Gasteiger partial charge in [0, 0.05) is 23.6 Å². The Labute approximate surface area is 124 Å². The molecule has 1 aromatic carbocycles. The number of amides is 1. The van der Waals surface area contributed by atoms with Crippen LogP contribution < -0.4 is 10.1 Å². The number of nitrogens with zero attached hydrogens (tertiary/aromatic N) is 2. The molecule has 1 heterocycles. The van der Waals surface area contributed by atoms with Crippen LogP contribution in [0.2, 0.25) is 0 Å². The Balaban J connectivity index is 2.08. The molecule has 1 amide bonds. The molecule has 0 spiro atoms. The van der Waals surface area contributed by atoms with Crippen molar-refractivity contribution in [1.29, 1.82) is 5.26 Å². The zero-order valence-corrected chi connectivity index (χ0v) is 12.3. The minimum absolute atomic E-state index is 0.0924. The molecule has 5 nitrogen and oxygen atoms in total. The molecule has 0 radical (unpaired) electrons. The summed E-state index contributed by atoms with van der Waals surface area (Å²) in [5, 5.41) is 12.2. The zero-order valence-electron chi connectivity index (χ0n) is 12.3. The molecule has 0 unspecified atom stereocenters. The monoisotopic (exact) mass is 285 g/mol. The smallest absolute Gasteiger partial charge is 0.239 e. The number of benzene rings is 1. The van der Waals surface area contributed by atoms with Gasteiger partial charge in [-0.1, -0.05) is 0 Å². The van der Waals surface area contributed by atoms with Gasteiger partial charge in [0.1, 0.15) is 12.3 Å². The number of nitrogens with one attached hydrogen (secondary N) is 1. The highest BCUT2D eigenvalue weighted by Gasteiger charge is 2.07. The predicted octanol–water partition coefficient (Wildman–Crippen LogP) is 2.46. The topological polar surface area (TPSA) is 67.0 Å². The third kappa shape index (κ3) is 3.99. The number of rotatable bonds is 6. The summed E-state index contributed by atoms with van der Waals surface area (Å²) < 4.78 is 7.54. The van der Waals surface area contributed by atoms with Crippen molar-refractivity contribution in [2.24, 2.45) is 0 Å². The van der Waals surface area contributed by atoms with Gasteiger partial charge in [0.15, 0.2) is 0 Å². The third-order valence-electron chi connectivity index (χ3n) is 2.99. The number of aromatic nitrogens is 1. The van der Waals surface area contributed by atoms with E-state index in [0.29, 0.717) is 13.0 Å². The van der Waals surface area contributed by atoms with Crippen molar-refractivity contribution in [3.05, 3.63) is 30.5 Å². The van der Waals surface area contributed by atoms with Crippen molar-refractivity contribution < 1.29 is 9.53 Å². The van der Waals surface area contributed by atoms with Crippen molar-refractivity contribution in [3.8, 4) is 11.8 Å². The van der Waals surface area contributed by atoms with Gasteiger partial charge in [0.25, 0.3) is 0 Å². The molecule has 110 valence electrons. The van der Waals surface area contributed by atoms with E-state index < -0.39 is 0 Å². The number of nitriles is 1. The van der Waals surface area contributed by atoms with Gasteiger partial charge in [-0.15, -0.1) is 0 Å². The maximum Gasteiger partial charge on any atom is 0.239 e. The van der Waals surface area contributed by atoms with Crippen LogP contribution in [0.25, 0.3) is 10.9 Å². The lowest BCUT2D eigenvalue weighted by Crippen LogP contribution is -2.27. The van der Waals surface area contributed by atoms with Gasteiger partial charge in [-0.2, -0.15) is 5.26 Å². The van der Waals surface area contributed by atoms with Gasteiger partial charge in [-0.05, 0) is 38.1 Å². The summed E-state index contributed by atoms with van der Waals surface area (Å²) in [6, 6.07) is 9.80. The van der Waals surface area contributed by atoms with E-state index in [2.05, 4.69) is 5.32 Å². The van der Waals surface area contributed by atoms with Gasteiger partial charge in [0.05, 0.1) is 18.6 Å². The fourth-order valence-corrected chi connectivity index (χ4v) is 2.13. The lowest BCUT2D eigenvalue weighted by atomic mass is 10.2. The molecule has 2 rings (SSSR count). The van der Waals surface area contributed by atoms with Crippen LogP contribution in [0.4, 0.5) is 0 Å². The summed E-state index contributed by atoms with van der Waals surface area (Å²) in [5.74, 6) is 0.735. The fraction of sp³-hybridized carbons (Fsp3) is 0.375. The van der Waals surface area contributed by atoms with E-state index in [0.717, 1.165) is 16.7 Å². The normalized spacial score (nSPS) is 10.6. The Kier molecular flexibility index (Phi) is 4.83. The molecular weight excluding hydrogens is 266 g/mol. The quantitative estimate of drug-likeness (QED) is 0.829. The molecule has 1 aromatic heterocycles. The van der Waals surface area contributed by atoms with E-state index in [9.17, 15) is 4.79 Å². The van der Waals surface area contributed by atoms with Crippen LogP contribution in [-0.2, 0) is 11.3 Å². The highest BCUT2D eigenvalue weighted by atomic mass is 16.5. The van der Waals surface area contributed by atoms with E-state index >= 15 is 0 Å². The van der Waals surface area contributed by atoms with E-state index in [1.807, 2.05) is 54.9 Å². The molecule has 5 heteroatoms. The van der Waals surface area contributed by atoms with Crippen LogP contribution in [0.1, 0.15) is 20.3 Å². The van der Waals surface area contributed by atoms with Crippen molar-refractivity contribution in [3.63, 3.8) is 0 Å². The van der Waals surface area contributed by atoms with Crippen LogP contribution in [0, 0.1) is 11.3 Å². The first-order valence-electron chi connectivity index (χ1n) is 6.99. The molecule has 0 aliphatic heterocycles. The average Bonchev–Trinajstić information content (AvgIpc) is 2.81. The van der Waals surface area contributed by atoms with Gasteiger partial charge in [-0.25, -0.2) is 0 Å². The average molecular weight is 285 g/mol. The van der Waals surface area contributed by atoms with Gasteiger partial charge in [0.2, 0.25) is 5.91 Å². The first-order valence-corrected chi connectivity index (χ1v) is 6.99. The Hall–Kier alpha value is -2.48. The second-order valence-electron chi connectivity index (χ2n) is 5.09. The maximum absolute atomic E-state index is 11.8. The molecule has 0 saturated heterocycles. The second-order valence-corrected chi connectivity index (χ2v) is 5.09. The molecular formula is C16H19N3O2. The summed E-state index contributed by atoms with van der Waals surface area (Å²) in [6.07, 6.45) is 2.34. The molecule has 1 N–H and O–H groups in total.